The zero-order chi connectivity index (χ0) is 27.7. The molecule has 7 nitrogen and oxygen atoms in total. The Bertz CT molecular complexity index is 1330. The van der Waals surface area contributed by atoms with Crippen molar-refractivity contribution in [3.8, 4) is 0 Å². The predicted octanol–water partition coefficient (Wildman–Crippen LogP) is 4.58. The minimum Gasteiger partial charge on any atom is -0.354 e. The number of carbonyl (C=O) groups excluding carboxylic acids is 2. The molecule has 9 heteroatoms. The van der Waals surface area contributed by atoms with E-state index in [-0.39, 0.29) is 18.9 Å². The number of amides is 2. The number of nitrogens with one attached hydrogen (secondary N) is 1. The fourth-order valence-electron chi connectivity index (χ4n) is 4.05. The third kappa shape index (κ3) is 8.07. The van der Waals surface area contributed by atoms with Crippen molar-refractivity contribution in [1.82, 2.24) is 10.2 Å². The van der Waals surface area contributed by atoms with Crippen LogP contribution in [-0.2, 0) is 32.6 Å². The average Bonchev–Trinajstić information content (AvgIpc) is 2.89. The second kappa shape index (κ2) is 13.4. The third-order valence-electron chi connectivity index (χ3n) is 6.12. The van der Waals surface area contributed by atoms with Gasteiger partial charge in [-0.15, -0.1) is 0 Å². The van der Waals surface area contributed by atoms with E-state index in [1.54, 1.807) is 42.5 Å². The van der Waals surface area contributed by atoms with Gasteiger partial charge in [-0.3, -0.25) is 13.9 Å². The molecule has 0 fully saturated rings. The van der Waals surface area contributed by atoms with Gasteiger partial charge < -0.3 is 10.2 Å². The van der Waals surface area contributed by atoms with Crippen molar-refractivity contribution >= 4 is 39.1 Å². The number of sulfonamides is 1. The van der Waals surface area contributed by atoms with E-state index in [2.05, 4.69) is 5.32 Å². The maximum atomic E-state index is 14.0. The summed E-state index contributed by atoms with van der Waals surface area (Å²) in [6.45, 7) is 3.88. The normalized spacial score (nSPS) is 12.0. The molecule has 2 amide bonds. The zero-order valence-corrected chi connectivity index (χ0v) is 23.5. The second-order valence-electron chi connectivity index (χ2n) is 9.21. The van der Waals surface area contributed by atoms with Crippen LogP contribution in [0.1, 0.15) is 30.0 Å². The molecule has 0 saturated heterocycles. The number of hydrogen-bond donors (Lipinski definition) is 1. The fourth-order valence-corrected chi connectivity index (χ4v) is 5.10. The smallest absolute Gasteiger partial charge is 0.244 e. The molecule has 0 aliphatic heterocycles. The van der Waals surface area contributed by atoms with Crippen molar-refractivity contribution in [3.05, 3.63) is 101 Å². The van der Waals surface area contributed by atoms with Gasteiger partial charge in [-0.25, -0.2) is 8.42 Å². The lowest BCUT2D eigenvalue weighted by molar-refractivity contribution is -0.140. The Balaban J connectivity index is 2.04. The van der Waals surface area contributed by atoms with Gasteiger partial charge in [0.15, 0.2) is 0 Å². The lowest BCUT2D eigenvalue weighted by atomic mass is 10.0. The predicted molar refractivity (Wildman–Crippen MR) is 153 cm³/mol. The Hall–Kier alpha value is -3.36. The van der Waals surface area contributed by atoms with Gasteiger partial charge >= 0.3 is 0 Å². The summed E-state index contributed by atoms with van der Waals surface area (Å²) in [5.74, 6) is -0.819. The highest BCUT2D eigenvalue weighted by Gasteiger charge is 2.33. The molecule has 1 unspecified atom stereocenters. The van der Waals surface area contributed by atoms with E-state index in [9.17, 15) is 18.0 Å². The molecule has 0 radical (unpaired) electrons. The molecule has 38 heavy (non-hydrogen) atoms. The van der Waals surface area contributed by atoms with Crippen LogP contribution in [-0.4, -0.2) is 50.5 Å². The van der Waals surface area contributed by atoms with Crippen LogP contribution in [0.4, 0.5) is 5.69 Å². The van der Waals surface area contributed by atoms with Gasteiger partial charge in [-0.05, 0) is 42.7 Å². The van der Waals surface area contributed by atoms with Crippen molar-refractivity contribution in [2.45, 2.75) is 39.3 Å². The maximum Gasteiger partial charge on any atom is 0.244 e. The van der Waals surface area contributed by atoms with Crippen LogP contribution in [0.2, 0.25) is 5.02 Å². The first-order chi connectivity index (χ1) is 18.1. The Labute approximate surface area is 230 Å². The van der Waals surface area contributed by atoms with Crippen LogP contribution in [0.5, 0.6) is 0 Å². The van der Waals surface area contributed by atoms with Gasteiger partial charge in [0.2, 0.25) is 21.8 Å². The third-order valence-corrected chi connectivity index (χ3v) is 7.63. The topological polar surface area (TPSA) is 86.8 Å². The molecule has 1 atom stereocenters. The van der Waals surface area contributed by atoms with E-state index in [0.717, 1.165) is 28.1 Å². The van der Waals surface area contributed by atoms with Gasteiger partial charge in [0, 0.05) is 24.5 Å². The highest BCUT2D eigenvalue weighted by Crippen LogP contribution is 2.23. The van der Waals surface area contributed by atoms with Crippen LogP contribution < -0.4 is 9.62 Å². The molecule has 0 aromatic heterocycles. The molecule has 202 valence electrons. The zero-order valence-electron chi connectivity index (χ0n) is 21.9. The van der Waals surface area contributed by atoms with Crippen molar-refractivity contribution in [2.24, 2.45) is 0 Å². The molecule has 3 rings (SSSR count). The number of nitrogens with zero attached hydrogens (tertiary/aromatic N) is 2. The fraction of sp³-hybridized carbons (Fsp3) is 0.310. The lowest BCUT2D eigenvalue weighted by Gasteiger charge is -2.33. The van der Waals surface area contributed by atoms with Crippen LogP contribution in [0.3, 0.4) is 0 Å². The van der Waals surface area contributed by atoms with E-state index in [0.29, 0.717) is 22.8 Å². The Kier molecular flexibility index (Phi) is 10.3. The first-order valence-electron chi connectivity index (χ1n) is 12.5. The standard InChI is InChI=1S/C29H34ClN3O4S/c1-4-18-31-29(35)27(19-23-10-6-5-7-11-23)32(20-24-12-8-9-13-26(24)30)28(34)21-33(38(3,36)37)25-16-14-22(2)15-17-25/h5-17,27H,4,18-21H2,1-3H3,(H,31,35). The summed E-state index contributed by atoms with van der Waals surface area (Å²) in [4.78, 5) is 28.8. The molecule has 0 aliphatic rings. The summed E-state index contributed by atoms with van der Waals surface area (Å²) in [6.07, 6.45) is 2.06. The minimum atomic E-state index is -3.80. The molecule has 0 saturated carbocycles. The molecular formula is C29H34ClN3O4S. The van der Waals surface area contributed by atoms with Crippen molar-refractivity contribution in [1.29, 1.82) is 0 Å². The van der Waals surface area contributed by atoms with Crippen LogP contribution in [0.25, 0.3) is 0 Å². The lowest BCUT2D eigenvalue weighted by Crippen LogP contribution is -2.53. The van der Waals surface area contributed by atoms with Crippen LogP contribution >= 0.6 is 11.6 Å². The van der Waals surface area contributed by atoms with E-state index in [1.807, 2.05) is 50.2 Å². The second-order valence-corrected chi connectivity index (χ2v) is 11.5. The Morgan fingerprint density at radius 1 is 0.947 bits per heavy atom. The van der Waals surface area contributed by atoms with E-state index >= 15 is 0 Å². The first-order valence-corrected chi connectivity index (χ1v) is 14.7. The maximum absolute atomic E-state index is 14.0. The van der Waals surface area contributed by atoms with E-state index in [4.69, 9.17) is 11.6 Å². The van der Waals surface area contributed by atoms with Gasteiger partial charge in [0.05, 0.1) is 11.9 Å². The highest BCUT2D eigenvalue weighted by molar-refractivity contribution is 7.92. The molecule has 0 spiro atoms. The van der Waals surface area contributed by atoms with Crippen LogP contribution in [0.15, 0.2) is 78.9 Å². The van der Waals surface area contributed by atoms with Crippen molar-refractivity contribution < 1.29 is 18.0 Å². The molecule has 0 bridgehead atoms. The summed E-state index contributed by atoms with van der Waals surface area (Å²) in [7, 11) is -3.80. The molecule has 0 heterocycles. The molecule has 0 aliphatic carbocycles. The van der Waals surface area contributed by atoms with E-state index in [1.165, 1.54) is 4.90 Å². The van der Waals surface area contributed by atoms with Gasteiger partial charge in [0.25, 0.3) is 0 Å². The molecular weight excluding hydrogens is 522 g/mol. The van der Waals surface area contributed by atoms with Gasteiger partial charge in [-0.1, -0.05) is 84.8 Å². The summed E-state index contributed by atoms with van der Waals surface area (Å²) in [5.41, 5.74) is 2.87. The number of benzene rings is 3. The Morgan fingerprint density at radius 2 is 1.58 bits per heavy atom. The highest BCUT2D eigenvalue weighted by atomic mass is 35.5. The number of anilines is 1. The van der Waals surface area contributed by atoms with E-state index < -0.39 is 28.5 Å². The van der Waals surface area contributed by atoms with Crippen molar-refractivity contribution in [3.63, 3.8) is 0 Å². The monoisotopic (exact) mass is 555 g/mol. The SMILES string of the molecule is CCCNC(=O)C(Cc1ccccc1)N(Cc1ccccc1Cl)C(=O)CN(c1ccc(C)cc1)S(C)(=O)=O. The minimum absolute atomic E-state index is 0.0427. The molecule has 1 N–H and O–H groups in total. The molecule has 3 aromatic carbocycles. The Morgan fingerprint density at radius 3 is 2.18 bits per heavy atom. The number of aryl methyl sites for hydroxylation is 1. The van der Waals surface area contributed by atoms with Crippen LogP contribution in [0, 0.1) is 6.92 Å². The quantitative estimate of drug-likeness (QED) is 0.354. The summed E-state index contributed by atoms with van der Waals surface area (Å²) < 4.78 is 26.6. The van der Waals surface area contributed by atoms with Crippen molar-refractivity contribution in [2.75, 3.05) is 23.7 Å². The molecule has 3 aromatic rings. The van der Waals surface area contributed by atoms with Gasteiger partial charge in [0.1, 0.15) is 12.6 Å². The van der Waals surface area contributed by atoms with Gasteiger partial charge in [-0.2, -0.15) is 0 Å². The number of carbonyl (C=O) groups is 2. The first kappa shape index (κ1) is 29.2. The average molecular weight is 556 g/mol. The summed E-state index contributed by atoms with van der Waals surface area (Å²) >= 11 is 6.45. The number of rotatable bonds is 12. The summed E-state index contributed by atoms with van der Waals surface area (Å²) in [5, 5.41) is 3.37. The largest absolute Gasteiger partial charge is 0.354 e. The number of halogens is 1. The number of hydrogen-bond acceptors (Lipinski definition) is 4. The summed E-state index contributed by atoms with van der Waals surface area (Å²) in [6, 6.07) is 22.6.